The van der Waals surface area contributed by atoms with Crippen LogP contribution in [0.25, 0.3) is 0 Å². The summed E-state index contributed by atoms with van der Waals surface area (Å²) in [7, 11) is 0. The molecule has 2 atom stereocenters. The summed E-state index contributed by atoms with van der Waals surface area (Å²) in [6, 6.07) is 5.65. The number of carboxylic acid groups (broad SMARTS) is 1. The third-order valence-corrected chi connectivity index (χ3v) is 5.96. The molecule has 3 N–H and O–H groups in total. The van der Waals surface area contributed by atoms with Gasteiger partial charge in [-0.15, -0.1) is 0 Å². The fourth-order valence-corrected chi connectivity index (χ4v) is 4.46. The fraction of sp³-hybridized carbons (Fsp3) is 0.526. The summed E-state index contributed by atoms with van der Waals surface area (Å²) in [4.78, 5) is 13.4. The second-order valence-corrected chi connectivity index (χ2v) is 7.97. The standard InChI is InChI=1S/C19H24Cl2N2O2/c20-14-2-4-15(17(21)10-14)16-3-1-12(9-18(16)22)11-23-7-5-13(6-8-23)19(24)25/h1-2,4,10,13,16,18H,3,5-9,11,22H2,(H,24,25)/t16-,18+/m0/s1. The van der Waals surface area contributed by atoms with Gasteiger partial charge in [-0.3, -0.25) is 9.69 Å². The van der Waals surface area contributed by atoms with Gasteiger partial charge < -0.3 is 10.8 Å². The van der Waals surface area contributed by atoms with Crippen LogP contribution in [0.5, 0.6) is 0 Å². The molecule has 1 saturated heterocycles. The number of halogens is 2. The van der Waals surface area contributed by atoms with Crippen LogP contribution in [0.1, 0.15) is 37.2 Å². The first-order valence-electron chi connectivity index (χ1n) is 8.77. The van der Waals surface area contributed by atoms with Gasteiger partial charge in [0.05, 0.1) is 5.92 Å². The quantitative estimate of drug-likeness (QED) is 0.774. The Kier molecular flexibility index (Phi) is 6.05. The van der Waals surface area contributed by atoms with Gasteiger partial charge in [-0.25, -0.2) is 0 Å². The molecule has 2 aliphatic rings. The summed E-state index contributed by atoms with van der Waals surface area (Å²) in [6.07, 6.45) is 5.48. The van der Waals surface area contributed by atoms with Gasteiger partial charge in [0.25, 0.3) is 0 Å². The highest BCUT2D eigenvalue weighted by molar-refractivity contribution is 6.35. The molecule has 0 saturated carbocycles. The zero-order valence-corrected chi connectivity index (χ0v) is 15.6. The van der Waals surface area contributed by atoms with Crippen LogP contribution in [-0.2, 0) is 4.79 Å². The lowest BCUT2D eigenvalue weighted by molar-refractivity contribution is -0.143. The molecule has 1 aromatic carbocycles. The number of rotatable bonds is 4. The Morgan fingerprint density at radius 2 is 2.00 bits per heavy atom. The average molecular weight is 383 g/mol. The number of aliphatic carboxylic acids is 1. The largest absolute Gasteiger partial charge is 0.481 e. The normalized spacial score (nSPS) is 25.6. The third-order valence-electron chi connectivity index (χ3n) is 5.40. The second-order valence-electron chi connectivity index (χ2n) is 7.13. The number of piperidine rings is 1. The van der Waals surface area contributed by atoms with E-state index in [0.29, 0.717) is 10.0 Å². The number of carbonyl (C=O) groups is 1. The van der Waals surface area contributed by atoms with E-state index in [4.69, 9.17) is 34.0 Å². The molecule has 4 nitrogen and oxygen atoms in total. The van der Waals surface area contributed by atoms with Crippen molar-refractivity contribution >= 4 is 29.2 Å². The molecule has 0 bridgehead atoms. The Hall–Kier alpha value is -1.07. The highest BCUT2D eigenvalue weighted by atomic mass is 35.5. The maximum Gasteiger partial charge on any atom is 0.306 e. The number of hydrogen-bond acceptors (Lipinski definition) is 3. The van der Waals surface area contributed by atoms with Gasteiger partial charge in [-0.05, 0) is 56.5 Å². The molecule has 0 unspecified atom stereocenters. The Morgan fingerprint density at radius 1 is 1.28 bits per heavy atom. The SMILES string of the molecule is N[C@@H]1CC(CN2CCC(C(=O)O)CC2)=CC[C@H]1c1ccc(Cl)cc1Cl. The highest BCUT2D eigenvalue weighted by Crippen LogP contribution is 2.36. The van der Waals surface area contributed by atoms with Crippen LogP contribution in [-0.4, -0.2) is 41.7 Å². The molecule has 1 aromatic rings. The van der Waals surface area contributed by atoms with Crippen LogP contribution in [0.3, 0.4) is 0 Å². The molecule has 25 heavy (non-hydrogen) atoms. The van der Waals surface area contributed by atoms with Crippen LogP contribution >= 0.6 is 23.2 Å². The van der Waals surface area contributed by atoms with Crippen LogP contribution in [0.4, 0.5) is 0 Å². The van der Waals surface area contributed by atoms with Gasteiger partial charge in [0.2, 0.25) is 0 Å². The number of nitrogens with two attached hydrogens (primary N) is 1. The van der Waals surface area contributed by atoms with Crippen molar-refractivity contribution in [2.45, 2.75) is 37.6 Å². The predicted octanol–water partition coefficient (Wildman–Crippen LogP) is 3.92. The molecule has 1 aliphatic heterocycles. The van der Waals surface area contributed by atoms with E-state index in [1.54, 1.807) is 6.07 Å². The summed E-state index contributed by atoms with van der Waals surface area (Å²) in [5.74, 6) is -0.636. The van der Waals surface area contributed by atoms with Crippen LogP contribution in [0.2, 0.25) is 10.0 Å². The molecule has 0 spiro atoms. The van der Waals surface area contributed by atoms with Gasteiger partial charge in [0.15, 0.2) is 0 Å². The van der Waals surface area contributed by atoms with E-state index < -0.39 is 5.97 Å². The van der Waals surface area contributed by atoms with Crippen molar-refractivity contribution in [3.8, 4) is 0 Å². The van der Waals surface area contributed by atoms with Crippen molar-refractivity contribution in [3.63, 3.8) is 0 Å². The minimum absolute atomic E-state index is 0.0373. The van der Waals surface area contributed by atoms with Crippen molar-refractivity contribution < 1.29 is 9.90 Å². The lowest BCUT2D eigenvalue weighted by atomic mass is 9.80. The molecular weight excluding hydrogens is 359 g/mol. The molecule has 0 amide bonds. The lowest BCUT2D eigenvalue weighted by Crippen LogP contribution is -2.39. The van der Waals surface area contributed by atoms with Crippen molar-refractivity contribution in [3.05, 3.63) is 45.5 Å². The number of likely N-dealkylation sites (tertiary alicyclic amines) is 1. The van der Waals surface area contributed by atoms with Crippen molar-refractivity contribution in [2.75, 3.05) is 19.6 Å². The number of carboxylic acids is 1. The predicted molar refractivity (Wildman–Crippen MR) is 101 cm³/mol. The number of hydrogen-bond donors (Lipinski definition) is 2. The summed E-state index contributed by atoms with van der Waals surface area (Å²) in [5, 5.41) is 10.4. The molecule has 1 fully saturated rings. The molecule has 136 valence electrons. The van der Waals surface area contributed by atoms with Crippen molar-refractivity contribution in [2.24, 2.45) is 11.7 Å². The summed E-state index contributed by atoms with van der Waals surface area (Å²) >= 11 is 12.3. The van der Waals surface area contributed by atoms with E-state index in [0.717, 1.165) is 50.9 Å². The van der Waals surface area contributed by atoms with Crippen LogP contribution in [0.15, 0.2) is 29.8 Å². The maximum atomic E-state index is 11.0. The van der Waals surface area contributed by atoms with Gasteiger partial charge >= 0.3 is 5.97 Å². The lowest BCUT2D eigenvalue weighted by Gasteiger charge is -2.34. The van der Waals surface area contributed by atoms with Crippen LogP contribution < -0.4 is 5.73 Å². The van der Waals surface area contributed by atoms with Crippen LogP contribution in [0, 0.1) is 5.92 Å². The fourth-order valence-electron chi connectivity index (χ4n) is 3.91. The second kappa shape index (κ2) is 8.09. The average Bonchev–Trinajstić information content (AvgIpc) is 2.56. The molecule has 1 heterocycles. The minimum Gasteiger partial charge on any atom is -0.481 e. The van der Waals surface area contributed by atoms with Crippen molar-refractivity contribution in [1.29, 1.82) is 0 Å². The summed E-state index contributed by atoms with van der Waals surface area (Å²) in [6.45, 7) is 2.58. The highest BCUT2D eigenvalue weighted by Gasteiger charge is 2.28. The molecule has 1 aliphatic carbocycles. The number of allylic oxidation sites excluding steroid dienone is 1. The Balaban J connectivity index is 1.59. The van der Waals surface area contributed by atoms with Gasteiger partial charge in [0.1, 0.15) is 0 Å². The minimum atomic E-state index is -0.666. The molecule has 6 heteroatoms. The van der Waals surface area contributed by atoms with E-state index in [9.17, 15) is 4.79 Å². The maximum absolute atomic E-state index is 11.0. The van der Waals surface area contributed by atoms with Gasteiger partial charge in [0, 0.05) is 28.5 Å². The summed E-state index contributed by atoms with van der Waals surface area (Å²) < 4.78 is 0. The number of nitrogens with zero attached hydrogens (tertiary/aromatic N) is 1. The first-order chi connectivity index (χ1) is 11.9. The van der Waals surface area contributed by atoms with Crippen molar-refractivity contribution in [1.82, 2.24) is 4.90 Å². The smallest absolute Gasteiger partial charge is 0.306 e. The molecular formula is C19H24Cl2N2O2. The zero-order chi connectivity index (χ0) is 18.0. The summed E-state index contributed by atoms with van der Waals surface area (Å²) in [5.41, 5.74) is 8.86. The molecule has 3 rings (SSSR count). The number of benzene rings is 1. The molecule has 0 aromatic heterocycles. The zero-order valence-electron chi connectivity index (χ0n) is 14.1. The Labute approximate surface area is 158 Å². The molecule has 0 radical (unpaired) electrons. The Bertz CT molecular complexity index is 669. The first-order valence-corrected chi connectivity index (χ1v) is 9.53. The monoisotopic (exact) mass is 382 g/mol. The first kappa shape index (κ1) is 18.7. The third kappa shape index (κ3) is 4.56. The van der Waals surface area contributed by atoms with E-state index in [1.807, 2.05) is 12.1 Å². The van der Waals surface area contributed by atoms with E-state index in [1.165, 1.54) is 5.57 Å². The van der Waals surface area contributed by atoms with Gasteiger partial charge in [-0.2, -0.15) is 0 Å². The van der Waals surface area contributed by atoms with Gasteiger partial charge in [-0.1, -0.05) is 40.9 Å². The topological polar surface area (TPSA) is 66.6 Å². The van der Waals surface area contributed by atoms with E-state index >= 15 is 0 Å². The van der Waals surface area contributed by atoms with E-state index in [2.05, 4.69) is 11.0 Å². The van der Waals surface area contributed by atoms with E-state index in [-0.39, 0.29) is 17.9 Å². The Morgan fingerprint density at radius 3 is 2.60 bits per heavy atom.